The number of aryl methyl sites for hydroxylation is 1. The second kappa shape index (κ2) is 5.88. The normalized spacial score (nSPS) is 9.82. The van der Waals surface area contributed by atoms with Crippen molar-refractivity contribution in [3.63, 3.8) is 0 Å². The van der Waals surface area contributed by atoms with Gasteiger partial charge in [0.25, 0.3) is 0 Å². The van der Waals surface area contributed by atoms with Crippen LogP contribution >= 0.6 is 0 Å². The van der Waals surface area contributed by atoms with E-state index in [1.807, 2.05) is 13.8 Å². The zero-order chi connectivity index (χ0) is 12.8. The van der Waals surface area contributed by atoms with Gasteiger partial charge in [0, 0.05) is 12.6 Å². The molecule has 0 bridgehead atoms. The lowest BCUT2D eigenvalue weighted by atomic mass is 10.3. The molecule has 1 aromatic rings. The van der Waals surface area contributed by atoms with E-state index in [0.717, 1.165) is 17.2 Å². The fourth-order valence-electron chi connectivity index (χ4n) is 1.37. The average Bonchev–Trinajstić information content (AvgIpc) is 2.28. The molecule has 0 radical (unpaired) electrons. The van der Waals surface area contributed by atoms with Crippen LogP contribution in [0.2, 0.25) is 0 Å². The Balaban J connectivity index is 2.64. The van der Waals surface area contributed by atoms with Crippen LogP contribution in [0.5, 0.6) is 0 Å². The van der Waals surface area contributed by atoms with Crippen LogP contribution in [0.15, 0.2) is 0 Å². The van der Waals surface area contributed by atoms with Crippen LogP contribution in [-0.4, -0.2) is 36.3 Å². The minimum Gasteiger partial charge on any atom is -0.448 e. The summed E-state index contributed by atoms with van der Waals surface area (Å²) in [5.41, 5.74) is 5.76. The van der Waals surface area contributed by atoms with Gasteiger partial charge >= 0.3 is 6.09 Å². The Bertz CT molecular complexity index is 408. The molecule has 1 amide bonds. The van der Waals surface area contributed by atoms with Crippen molar-refractivity contribution in [2.75, 3.05) is 30.8 Å². The van der Waals surface area contributed by atoms with E-state index in [1.54, 1.807) is 7.05 Å². The first kappa shape index (κ1) is 13.0. The molecule has 0 fully saturated rings. The molecule has 1 rings (SSSR count). The van der Waals surface area contributed by atoms with Crippen molar-refractivity contribution in [2.24, 2.45) is 5.73 Å². The number of nitrogens with one attached hydrogen (secondary N) is 2. The molecule has 0 unspecified atom stereocenters. The number of carbonyl (C=O) groups excluding carboxylic acids is 1. The Labute approximate surface area is 99.8 Å². The molecule has 1 heterocycles. The van der Waals surface area contributed by atoms with Gasteiger partial charge < -0.3 is 21.1 Å². The minimum atomic E-state index is -0.779. The first-order valence-electron chi connectivity index (χ1n) is 5.23. The molecule has 0 saturated heterocycles. The Morgan fingerprint density at radius 3 is 2.59 bits per heavy atom. The average molecular weight is 239 g/mol. The first-order chi connectivity index (χ1) is 8.04. The van der Waals surface area contributed by atoms with Crippen LogP contribution < -0.4 is 16.4 Å². The van der Waals surface area contributed by atoms with E-state index >= 15 is 0 Å². The second-order valence-corrected chi connectivity index (χ2v) is 3.44. The number of primary amides is 1. The highest BCUT2D eigenvalue weighted by atomic mass is 16.5. The second-order valence-electron chi connectivity index (χ2n) is 3.44. The maximum atomic E-state index is 10.4. The summed E-state index contributed by atoms with van der Waals surface area (Å²) in [4.78, 5) is 18.9. The van der Waals surface area contributed by atoms with Gasteiger partial charge in [-0.2, -0.15) is 0 Å². The number of anilines is 2. The molecule has 0 saturated carbocycles. The van der Waals surface area contributed by atoms with Crippen molar-refractivity contribution in [2.45, 2.75) is 13.8 Å². The molecule has 0 aliphatic rings. The van der Waals surface area contributed by atoms with E-state index < -0.39 is 6.09 Å². The number of rotatable bonds is 5. The fraction of sp³-hybridized carbons (Fsp3) is 0.500. The Hall–Kier alpha value is -2.05. The number of ether oxygens (including phenoxy) is 1. The zero-order valence-corrected chi connectivity index (χ0v) is 10.2. The molecule has 0 spiro atoms. The molecule has 1 aromatic heterocycles. The van der Waals surface area contributed by atoms with Crippen LogP contribution in [0, 0.1) is 13.8 Å². The molecular formula is C10H17N5O2. The number of hydrogen-bond donors (Lipinski definition) is 3. The molecular weight excluding hydrogens is 222 g/mol. The summed E-state index contributed by atoms with van der Waals surface area (Å²) in [7, 11) is 1.80. The van der Waals surface area contributed by atoms with Crippen molar-refractivity contribution in [3.05, 3.63) is 11.4 Å². The van der Waals surface area contributed by atoms with Crippen molar-refractivity contribution in [1.82, 2.24) is 9.97 Å². The summed E-state index contributed by atoms with van der Waals surface area (Å²) in [6.07, 6.45) is -0.779. The van der Waals surface area contributed by atoms with E-state index in [0.29, 0.717) is 12.4 Å². The summed E-state index contributed by atoms with van der Waals surface area (Å²) in [5.74, 6) is 2.16. The van der Waals surface area contributed by atoms with Gasteiger partial charge in [0.05, 0.1) is 6.54 Å². The van der Waals surface area contributed by atoms with Crippen molar-refractivity contribution in [3.8, 4) is 0 Å². The lowest BCUT2D eigenvalue weighted by Crippen LogP contribution is -2.19. The number of nitrogens with two attached hydrogens (primary N) is 1. The third kappa shape index (κ3) is 3.78. The van der Waals surface area contributed by atoms with E-state index in [2.05, 4.69) is 25.3 Å². The summed E-state index contributed by atoms with van der Waals surface area (Å²) in [6.45, 7) is 4.37. The molecule has 7 heteroatoms. The van der Waals surface area contributed by atoms with E-state index in [-0.39, 0.29) is 6.61 Å². The maximum Gasteiger partial charge on any atom is 0.404 e. The Morgan fingerprint density at radius 2 is 2.00 bits per heavy atom. The Kier molecular flexibility index (Phi) is 4.50. The van der Waals surface area contributed by atoms with Crippen molar-refractivity contribution >= 4 is 17.7 Å². The highest BCUT2D eigenvalue weighted by molar-refractivity contribution is 5.64. The van der Waals surface area contributed by atoms with E-state index in [1.165, 1.54) is 0 Å². The van der Waals surface area contributed by atoms with Gasteiger partial charge in [0.15, 0.2) is 0 Å². The molecule has 4 N–H and O–H groups in total. The molecule has 17 heavy (non-hydrogen) atoms. The maximum absolute atomic E-state index is 10.4. The van der Waals surface area contributed by atoms with E-state index in [4.69, 9.17) is 5.73 Å². The smallest absolute Gasteiger partial charge is 0.404 e. The van der Waals surface area contributed by atoms with Gasteiger partial charge in [-0.15, -0.1) is 0 Å². The van der Waals surface area contributed by atoms with Crippen LogP contribution in [0.1, 0.15) is 11.4 Å². The van der Waals surface area contributed by atoms with Gasteiger partial charge in [-0.05, 0) is 13.8 Å². The highest BCUT2D eigenvalue weighted by Crippen LogP contribution is 2.18. The number of hydrogen-bond acceptors (Lipinski definition) is 6. The van der Waals surface area contributed by atoms with Gasteiger partial charge in [-0.3, -0.25) is 0 Å². The van der Waals surface area contributed by atoms with Crippen molar-refractivity contribution in [1.29, 1.82) is 0 Å². The zero-order valence-electron chi connectivity index (χ0n) is 10.2. The van der Waals surface area contributed by atoms with Gasteiger partial charge in [-0.1, -0.05) is 0 Å². The van der Waals surface area contributed by atoms with Crippen LogP contribution in [0.25, 0.3) is 0 Å². The van der Waals surface area contributed by atoms with Gasteiger partial charge in [0.1, 0.15) is 24.1 Å². The molecule has 0 aliphatic heterocycles. The summed E-state index contributed by atoms with van der Waals surface area (Å²) in [5, 5.41) is 6.05. The first-order valence-corrected chi connectivity index (χ1v) is 5.23. The third-order valence-corrected chi connectivity index (χ3v) is 2.13. The molecule has 0 aliphatic carbocycles. The predicted molar refractivity (Wildman–Crippen MR) is 65.1 cm³/mol. The summed E-state index contributed by atoms with van der Waals surface area (Å²) >= 11 is 0. The Morgan fingerprint density at radius 1 is 1.35 bits per heavy atom. The number of amides is 1. The van der Waals surface area contributed by atoms with Crippen molar-refractivity contribution < 1.29 is 9.53 Å². The molecule has 0 atom stereocenters. The number of nitrogens with zero attached hydrogens (tertiary/aromatic N) is 2. The van der Waals surface area contributed by atoms with Crippen LogP contribution in [0.3, 0.4) is 0 Å². The lowest BCUT2D eigenvalue weighted by Gasteiger charge is -2.12. The van der Waals surface area contributed by atoms with Gasteiger partial charge in [0.2, 0.25) is 0 Å². The molecule has 7 nitrogen and oxygen atoms in total. The summed E-state index contributed by atoms with van der Waals surface area (Å²) in [6, 6.07) is 0. The molecule has 0 aromatic carbocycles. The monoisotopic (exact) mass is 239 g/mol. The fourth-order valence-corrected chi connectivity index (χ4v) is 1.37. The van der Waals surface area contributed by atoms with Gasteiger partial charge in [-0.25, -0.2) is 14.8 Å². The standard InChI is InChI=1S/C10H17N5O2/c1-6-8(12-3)14-7(2)15-9(6)13-4-5-17-10(11)16/h4-5H2,1-3H3,(H2,11,16)(H2,12,13,14,15). The van der Waals surface area contributed by atoms with Crippen LogP contribution in [0.4, 0.5) is 16.4 Å². The van der Waals surface area contributed by atoms with Crippen LogP contribution in [-0.2, 0) is 4.74 Å². The predicted octanol–water partition coefficient (Wildman–Crippen LogP) is 0.642. The minimum absolute atomic E-state index is 0.201. The number of carbonyl (C=O) groups is 1. The topological polar surface area (TPSA) is 102 Å². The largest absolute Gasteiger partial charge is 0.448 e. The summed E-state index contributed by atoms with van der Waals surface area (Å²) < 4.78 is 4.61. The highest BCUT2D eigenvalue weighted by Gasteiger charge is 2.07. The SMILES string of the molecule is CNc1nc(C)nc(NCCOC(N)=O)c1C. The lowest BCUT2D eigenvalue weighted by molar-refractivity contribution is 0.161. The number of aromatic nitrogens is 2. The third-order valence-electron chi connectivity index (χ3n) is 2.13. The van der Waals surface area contributed by atoms with E-state index in [9.17, 15) is 4.79 Å². The molecule has 94 valence electrons. The quantitative estimate of drug-likeness (QED) is 0.652.